The number of carboxylic acid groups (broad SMARTS) is 1. The second kappa shape index (κ2) is 11.5. The summed E-state index contributed by atoms with van der Waals surface area (Å²) in [7, 11) is 0. The van der Waals surface area contributed by atoms with Gasteiger partial charge in [0.15, 0.2) is 0 Å². The van der Waals surface area contributed by atoms with Gasteiger partial charge in [0, 0.05) is 12.0 Å². The van der Waals surface area contributed by atoms with Crippen LogP contribution in [0.4, 0.5) is 17.6 Å². The Hall–Kier alpha value is -2.94. The predicted molar refractivity (Wildman–Crippen MR) is 147 cm³/mol. The van der Waals surface area contributed by atoms with Crippen LogP contribution >= 0.6 is 0 Å². The minimum atomic E-state index is -4.73. The van der Waals surface area contributed by atoms with Gasteiger partial charge < -0.3 is 10.4 Å². The number of halogens is 4. The number of nitrogens with one attached hydrogen (secondary N) is 2. The lowest BCUT2D eigenvalue weighted by Gasteiger charge is -2.32. The number of benzene rings is 2. The van der Waals surface area contributed by atoms with Gasteiger partial charge in [-0.15, -0.1) is 0 Å². The Bertz CT molecular complexity index is 1180. The number of amides is 1. The lowest BCUT2D eigenvalue weighted by atomic mass is 9.85. The highest BCUT2D eigenvalue weighted by atomic mass is 19.4. The smallest absolute Gasteiger partial charge is 0.407 e. The number of hydrogen-bond acceptors (Lipinski definition) is 3. The zero-order chi connectivity index (χ0) is 30.1. The van der Waals surface area contributed by atoms with Gasteiger partial charge in [0.1, 0.15) is 11.7 Å². The molecule has 0 aromatic heterocycles. The Morgan fingerprint density at radius 2 is 1.40 bits per heavy atom. The molecule has 0 spiro atoms. The van der Waals surface area contributed by atoms with Gasteiger partial charge in [-0.3, -0.25) is 14.9 Å². The molecule has 0 radical (unpaired) electrons. The van der Waals surface area contributed by atoms with Crippen molar-refractivity contribution in [1.82, 2.24) is 10.6 Å². The zero-order valence-electron chi connectivity index (χ0n) is 24.0. The summed E-state index contributed by atoms with van der Waals surface area (Å²) >= 11 is 0. The molecular formula is C31H40F4N2O3. The number of hydrogen-bond donors (Lipinski definition) is 3. The number of alkyl halides is 4. The first kappa shape index (κ1) is 31.6. The third-order valence-electron chi connectivity index (χ3n) is 7.72. The molecule has 0 aliphatic heterocycles. The molecule has 0 heterocycles. The van der Waals surface area contributed by atoms with Crippen molar-refractivity contribution in [1.29, 1.82) is 0 Å². The van der Waals surface area contributed by atoms with Crippen molar-refractivity contribution in [2.45, 2.75) is 96.7 Å². The molecule has 1 fully saturated rings. The van der Waals surface area contributed by atoms with E-state index in [1.807, 2.05) is 13.8 Å². The first-order chi connectivity index (χ1) is 18.3. The van der Waals surface area contributed by atoms with Crippen LogP contribution in [0.3, 0.4) is 0 Å². The summed E-state index contributed by atoms with van der Waals surface area (Å²) in [5.74, 6) is -1.42. The standard InChI is InChI=1S/C31H40F4N2O3/c1-19(2)30(15-16-30)37-26(38)24(18-29(5,6)32)36-25(31(33,34)35)23-13-11-22(12-14-23)21-9-7-20(8-10-21)17-28(3,4)27(39)40/h7-14,19,24-25,36H,15-18H2,1-6H3,(H,37,38)(H,39,40)/t24-,25?/m0/s1. The molecular weight excluding hydrogens is 524 g/mol. The van der Waals surface area contributed by atoms with Gasteiger partial charge >= 0.3 is 12.1 Å². The molecule has 2 atom stereocenters. The summed E-state index contributed by atoms with van der Waals surface area (Å²) in [5, 5.41) is 14.7. The molecule has 40 heavy (non-hydrogen) atoms. The quantitative estimate of drug-likeness (QED) is 0.242. The molecule has 3 N–H and O–H groups in total. The molecule has 9 heteroatoms. The minimum absolute atomic E-state index is 0.0875. The third-order valence-corrected chi connectivity index (χ3v) is 7.72. The number of carboxylic acids is 1. The van der Waals surface area contributed by atoms with Crippen molar-refractivity contribution in [2.75, 3.05) is 0 Å². The van der Waals surface area contributed by atoms with E-state index in [-0.39, 0.29) is 11.5 Å². The second-order valence-corrected chi connectivity index (χ2v) is 12.6. The summed E-state index contributed by atoms with van der Waals surface area (Å²) in [6.45, 7) is 9.66. The molecule has 1 amide bonds. The van der Waals surface area contributed by atoms with Crippen LogP contribution in [0.25, 0.3) is 11.1 Å². The topological polar surface area (TPSA) is 78.4 Å². The summed E-state index contributed by atoms with van der Waals surface area (Å²) in [6, 6.07) is 9.50. The zero-order valence-corrected chi connectivity index (χ0v) is 24.0. The molecule has 1 unspecified atom stereocenters. The molecule has 1 aliphatic rings. The van der Waals surface area contributed by atoms with E-state index in [1.165, 1.54) is 26.0 Å². The van der Waals surface area contributed by atoms with Gasteiger partial charge in [-0.05, 0) is 75.1 Å². The van der Waals surface area contributed by atoms with Crippen molar-refractivity contribution in [3.63, 3.8) is 0 Å². The monoisotopic (exact) mass is 564 g/mol. The molecule has 3 rings (SSSR count). The predicted octanol–water partition coefficient (Wildman–Crippen LogP) is 7.01. The second-order valence-electron chi connectivity index (χ2n) is 12.6. The van der Waals surface area contributed by atoms with Crippen LogP contribution in [-0.4, -0.2) is 40.4 Å². The lowest BCUT2D eigenvalue weighted by Crippen LogP contribution is -2.54. The first-order valence-corrected chi connectivity index (χ1v) is 13.6. The van der Waals surface area contributed by atoms with E-state index < -0.39 is 53.2 Å². The summed E-state index contributed by atoms with van der Waals surface area (Å²) in [5.41, 5.74) is -1.06. The van der Waals surface area contributed by atoms with E-state index in [4.69, 9.17) is 0 Å². The highest BCUT2D eigenvalue weighted by Crippen LogP contribution is 2.42. The van der Waals surface area contributed by atoms with E-state index in [0.717, 1.165) is 24.0 Å². The average Bonchev–Trinajstić information content (AvgIpc) is 3.61. The van der Waals surface area contributed by atoms with E-state index in [2.05, 4.69) is 10.6 Å². The largest absolute Gasteiger partial charge is 0.481 e. The fourth-order valence-corrected chi connectivity index (χ4v) is 4.88. The summed E-state index contributed by atoms with van der Waals surface area (Å²) in [4.78, 5) is 24.5. The Labute approximate surface area is 233 Å². The van der Waals surface area contributed by atoms with Crippen molar-refractivity contribution < 1.29 is 32.3 Å². The molecule has 1 aliphatic carbocycles. The van der Waals surface area contributed by atoms with Gasteiger partial charge in [0.05, 0.1) is 11.5 Å². The Kier molecular flexibility index (Phi) is 9.09. The third kappa shape index (κ3) is 8.05. The van der Waals surface area contributed by atoms with Gasteiger partial charge in [-0.2, -0.15) is 13.2 Å². The molecule has 220 valence electrons. The van der Waals surface area contributed by atoms with Crippen LogP contribution in [0.5, 0.6) is 0 Å². The Morgan fingerprint density at radius 1 is 0.900 bits per heavy atom. The molecule has 0 saturated heterocycles. The highest BCUT2D eigenvalue weighted by molar-refractivity contribution is 5.83. The van der Waals surface area contributed by atoms with Crippen LogP contribution in [0.2, 0.25) is 0 Å². The van der Waals surface area contributed by atoms with Crippen LogP contribution in [0, 0.1) is 11.3 Å². The van der Waals surface area contributed by atoms with Gasteiger partial charge in [-0.1, -0.05) is 62.4 Å². The summed E-state index contributed by atoms with van der Waals surface area (Å²) < 4.78 is 57.4. The average molecular weight is 565 g/mol. The van der Waals surface area contributed by atoms with Gasteiger partial charge in [-0.25, -0.2) is 4.39 Å². The minimum Gasteiger partial charge on any atom is -0.481 e. The molecule has 1 saturated carbocycles. The van der Waals surface area contributed by atoms with E-state index in [0.29, 0.717) is 12.0 Å². The maximum atomic E-state index is 14.6. The molecule has 0 bridgehead atoms. The molecule has 5 nitrogen and oxygen atoms in total. The fourth-order valence-electron chi connectivity index (χ4n) is 4.88. The number of carbonyl (C=O) groups is 2. The molecule has 2 aromatic rings. The Morgan fingerprint density at radius 3 is 1.80 bits per heavy atom. The highest BCUT2D eigenvalue weighted by Gasteiger charge is 2.49. The number of rotatable bonds is 12. The van der Waals surface area contributed by atoms with Crippen molar-refractivity contribution in [3.05, 3.63) is 59.7 Å². The number of aliphatic carboxylic acids is 1. The van der Waals surface area contributed by atoms with E-state index in [1.54, 1.807) is 50.2 Å². The first-order valence-electron chi connectivity index (χ1n) is 13.6. The molecule has 2 aromatic carbocycles. The van der Waals surface area contributed by atoms with Crippen molar-refractivity contribution in [2.24, 2.45) is 11.3 Å². The van der Waals surface area contributed by atoms with Crippen LogP contribution in [0.15, 0.2) is 48.5 Å². The lowest BCUT2D eigenvalue weighted by molar-refractivity contribution is -0.161. The SMILES string of the molecule is CC(C)C1(NC(=O)[C@H](CC(C)(C)F)NC(c2ccc(-c3ccc(CC(C)(C)C(=O)O)cc3)cc2)C(F)(F)F)CC1. The van der Waals surface area contributed by atoms with Crippen LogP contribution < -0.4 is 10.6 Å². The van der Waals surface area contributed by atoms with Crippen molar-refractivity contribution in [3.8, 4) is 11.1 Å². The van der Waals surface area contributed by atoms with Crippen molar-refractivity contribution >= 4 is 11.9 Å². The fraction of sp³-hybridized carbons (Fsp3) is 0.548. The van der Waals surface area contributed by atoms with Gasteiger partial charge in [0.25, 0.3) is 0 Å². The van der Waals surface area contributed by atoms with Crippen LogP contribution in [0.1, 0.15) is 78.0 Å². The number of carbonyl (C=O) groups excluding carboxylic acids is 1. The van der Waals surface area contributed by atoms with E-state index in [9.17, 15) is 32.3 Å². The normalized spacial score (nSPS) is 16.9. The maximum Gasteiger partial charge on any atom is 0.407 e. The van der Waals surface area contributed by atoms with Crippen LogP contribution in [-0.2, 0) is 16.0 Å². The maximum absolute atomic E-state index is 14.6. The summed E-state index contributed by atoms with van der Waals surface area (Å²) in [6.07, 6.45) is -3.32. The van der Waals surface area contributed by atoms with Gasteiger partial charge in [0.2, 0.25) is 5.91 Å². The Balaban J connectivity index is 1.82. The van der Waals surface area contributed by atoms with E-state index >= 15 is 0 Å².